The van der Waals surface area contributed by atoms with E-state index in [9.17, 15) is 0 Å². The number of nitriles is 1. The van der Waals surface area contributed by atoms with Gasteiger partial charge in [-0.2, -0.15) is 5.26 Å². The van der Waals surface area contributed by atoms with Crippen molar-refractivity contribution in [2.24, 2.45) is 0 Å². The molecular formula is C13H6Br3NO. The monoisotopic (exact) mass is 429 g/mol. The molecule has 0 heterocycles. The first kappa shape index (κ1) is 13.6. The smallest absolute Gasteiger partial charge is 0.146 e. The Balaban J connectivity index is 2.40. The lowest BCUT2D eigenvalue weighted by Gasteiger charge is -2.09. The van der Waals surface area contributed by atoms with Gasteiger partial charge in [-0.15, -0.1) is 0 Å². The molecule has 2 aromatic rings. The Labute approximate surface area is 130 Å². The first-order valence-corrected chi connectivity index (χ1v) is 7.30. The van der Waals surface area contributed by atoms with Gasteiger partial charge >= 0.3 is 0 Å². The molecule has 0 unspecified atom stereocenters. The lowest BCUT2D eigenvalue weighted by Crippen LogP contribution is -1.89. The zero-order valence-electron chi connectivity index (χ0n) is 8.95. The van der Waals surface area contributed by atoms with Crippen molar-refractivity contribution in [3.05, 3.63) is 55.4 Å². The van der Waals surface area contributed by atoms with E-state index in [0.29, 0.717) is 17.1 Å². The fourth-order valence-corrected chi connectivity index (χ4v) is 2.82. The molecular weight excluding hydrogens is 426 g/mol. The summed E-state index contributed by atoms with van der Waals surface area (Å²) in [4.78, 5) is 0. The van der Waals surface area contributed by atoms with Crippen LogP contribution < -0.4 is 4.74 Å². The van der Waals surface area contributed by atoms with Crippen LogP contribution in [0.3, 0.4) is 0 Å². The molecule has 0 N–H and O–H groups in total. The Morgan fingerprint density at radius 3 is 2.22 bits per heavy atom. The van der Waals surface area contributed by atoms with Gasteiger partial charge in [-0.25, -0.2) is 0 Å². The van der Waals surface area contributed by atoms with E-state index < -0.39 is 0 Å². The number of benzene rings is 2. The highest BCUT2D eigenvalue weighted by Crippen LogP contribution is 2.34. The molecule has 0 saturated heterocycles. The predicted octanol–water partition coefficient (Wildman–Crippen LogP) is 5.64. The SMILES string of the molecule is N#Cc1ccc(Br)cc1Oc1ccc(Br)cc1Br. The average Bonchev–Trinajstić information content (AvgIpc) is 2.33. The zero-order valence-corrected chi connectivity index (χ0v) is 13.7. The molecule has 0 amide bonds. The molecule has 2 rings (SSSR count). The Morgan fingerprint density at radius 1 is 0.889 bits per heavy atom. The van der Waals surface area contributed by atoms with Gasteiger partial charge in [-0.05, 0) is 52.3 Å². The molecule has 0 spiro atoms. The van der Waals surface area contributed by atoms with Crippen LogP contribution in [0.2, 0.25) is 0 Å². The van der Waals surface area contributed by atoms with Crippen LogP contribution in [0.4, 0.5) is 0 Å². The fraction of sp³-hybridized carbons (Fsp3) is 0. The van der Waals surface area contributed by atoms with Gasteiger partial charge in [-0.3, -0.25) is 0 Å². The highest BCUT2D eigenvalue weighted by Gasteiger charge is 2.08. The summed E-state index contributed by atoms with van der Waals surface area (Å²) in [5.41, 5.74) is 0.494. The van der Waals surface area contributed by atoms with Crippen LogP contribution in [0.15, 0.2) is 49.8 Å². The molecule has 0 aliphatic carbocycles. The highest BCUT2D eigenvalue weighted by atomic mass is 79.9. The first-order valence-electron chi connectivity index (χ1n) is 4.92. The summed E-state index contributed by atoms with van der Waals surface area (Å²) in [6.45, 7) is 0. The van der Waals surface area contributed by atoms with Gasteiger partial charge in [0.15, 0.2) is 0 Å². The van der Waals surface area contributed by atoms with Crippen molar-refractivity contribution in [1.82, 2.24) is 0 Å². The molecule has 90 valence electrons. The third-order valence-corrected chi connectivity index (χ3v) is 3.78. The molecule has 0 aliphatic heterocycles. The predicted molar refractivity (Wildman–Crippen MR) is 80.8 cm³/mol. The summed E-state index contributed by atoms with van der Waals surface area (Å²) in [5, 5.41) is 9.04. The van der Waals surface area contributed by atoms with Crippen molar-refractivity contribution < 1.29 is 4.74 Å². The van der Waals surface area contributed by atoms with Gasteiger partial charge in [0.2, 0.25) is 0 Å². The first-order chi connectivity index (χ1) is 8.60. The maximum atomic E-state index is 9.04. The van der Waals surface area contributed by atoms with Gasteiger partial charge in [0.1, 0.15) is 17.6 Å². The van der Waals surface area contributed by atoms with Crippen LogP contribution >= 0.6 is 47.8 Å². The van der Waals surface area contributed by atoms with Crippen molar-refractivity contribution >= 4 is 47.8 Å². The van der Waals surface area contributed by atoms with Crippen LogP contribution in [-0.2, 0) is 0 Å². The largest absolute Gasteiger partial charge is 0.455 e. The van der Waals surface area contributed by atoms with E-state index in [2.05, 4.69) is 53.9 Å². The number of ether oxygens (including phenoxy) is 1. The normalized spacial score (nSPS) is 9.89. The third kappa shape index (κ3) is 3.14. The molecule has 2 nitrogen and oxygen atoms in total. The van der Waals surface area contributed by atoms with E-state index in [0.717, 1.165) is 13.4 Å². The number of hydrogen-bond acceptors (Lipinski definition) is 2. The van der Waals surface area contributed by atoms with Gasteiger partial charge < -0.3 is 4.74 Å². The lowest BCUT2D eigenvalue weighted by molar-refractivity contribution is 0.477. The number of nitrogens with zero attached hydrogens (tertiary/aromatic N) is 1. The van der Waals surface area contributed by atoms with Crippen LogP contribution in [0.1, 0.15) is 5.56 Å². The van der Waals surface area contributed by atoms with E-state index in [-0.39, 0.29) is 0 Å². The molecule has 2 aromatic carbocycles. The number of hydrogen-bond donors (Lipinski definition) is 0. The van der Waals surface area contributed by atoms with Crippen molar-refractivity contribution in [2.75, 3.05) is 0 Å². The second-order valence-corrected chi connectivity index (χ2v) is 6.11. The minimum atomic E-state index is 0.494. The Bertz CT molecular complexity index is 635. The van der Waals surface area contributed by atoms with Gasteiger partial charge in [0.05, 0.1) is 10.0 Å². The minimum Gasteiger partial charge on any atom is -0.455 e. The topological polar surface area (TPSA) is 33.0 Å². The zero-order chi connectivity index (χ0) is 13.1. The van der Waals surface area contributed by atoms with E-state index >= 15 is 0 Å². The molecule has 18 heavy (non-hydrogen) atoms. The van der Waals surface area contributed by atoms with Crippen molar-refractivity contribution in [3.63, 3.8) is 0 Å². The van der Waals surface area contributed by atoms with Crippen LogP contribution in [0.25, 0.3) is 0 Å². The Kier molecular flexibility index (Phi) is 4.44. The molecule has 0 aliphatic rings. The standard InChI is InChI=1S/C13H6Br3NO/c14-9-3-4-12(11(16)5-9)18-13-6-10(15)2-1-8(13)7-17/h1-6H. The maximum absolute atomic E-state index is 9.04. The Morgan fingerprint density at radius 2 is 1.56 bits per heavy atom. The fourth-order valence-electron chi connectivity index (χ4n) is 1.35. The van der Waals surface area contributed by atoms with E-state index in [4.69, 9.17) is 10.00 Å². The summed E-state index contributed by atoms with van der Waals surface area (Å²) in [7, 11) is 0. The van der Waals surface area contributed by atoms with Gasteiger partial charge in [-0.1, -0.05) is 31.9 Å². The molecule has 5 heteroatoms. The van der Waals surface area contributed by atoms with Gasteiger partial charge in [0.25, 0.3) is 0 Å². The minimum absolute atomic E-state index is 0.494. The summed E-state index contributed by atoms with van der Waals surface area (Å²) >= 11 is 10.2. The maximum Gasteiger partial charge on any atom is 0.146 e. The third-order valence-electron chi connectivity index (χ3n) is 2.18. The second-order valence-electron chi connectivity index (χ2n) is 3.43. The van der Waals surface area contributed by atoms with Crippen LogP contribution in [0, 0.1) is 11.3 Å². The summed E-state index contributed by atoms with van der Waals surface area (Å²) in [5.74, 6) is 1.18. The van der Waals surface area contributed by atoms with Crippen LogP contribution in [0.5, 0.6) is 11.5 Å². The summed E-state index contributed by atoms with van der Waals surface area (Å²) < 4.78 is 8.39. The average molecular weight is 432 g/mol. The molecule has 0 fully saturated rings. The molecule has 0 saturated carbocycles. The lowest BCUT2D eigenvalue weighted by atomic mass is 10.2. The van der Waals surface area contributed by atoms with Crippen LogP contribution in [-0.4, -0.2) is 0 Å². The van der Waals surface area contributed by atoms with Gasteiger partial charge in [0, 0.05) is 8.95 Å². The van der Waals surface area contributed by atoms with E-state index in [1.807, 2.05) is 24.3 Å². The second kappa shape index (κ2) is 5.87. The quantitative estimate of drug-likeness (QED) is 0.616. The number of rotatable bonds is 2. The molecule has 0 aromatic heterocycles. The summed E-state index contributed by atoms with van der Waals surface area (Å²) in [6.07, 6.45) is 0. The number of halogens is 3. The Hall–Kier alpha value is -0.830. The molecule has 0 atom stereocenters. The summed E-state index contributed by atoms with van der Waals surface area (Å²) in [6, 6.07) is 13.0. The highest BCUT2D eigenvalue weighted by molar-refractivity contribution is 9.11. The van der Waals surface area contributed by atoms with E-state index in [1.54, 1.807) is 12.1 Å². The van der Waals surface area contributed by atoms with Crippen molar-refractivity contribution in [1.29, 1.82) is 5.26 Å². The molecule has 0 bridgehead atoms. The van der Waals surface area contributed by atoms with Crippen molar-refractivity contribution in [3.8, 4) is 17.6 Å². The van der Waals surface area contributed by atoms with E-state index in [1.165, 1.54) is 0 Å². The molecule has 0 radical (unpaired) electrons. The van der Waals surface area contributed by atoms with Crippen molar-refractivity contribution in [2.45, 2.75) is 0 Å².